The van der Waals surface area contributed by atoms with E-state index in [2.05, 4.69) is 0 Å². The van der Waals surface area contributed by atoms with E-state index < -0.39 is 18.6 Å². The second kappa shape index (κ2) is 5.16. The lowest BCUT2D eigenvalue weighted by atomic mass is 10.1. The molecule has 18 heavy (non-hydrogen) atoms. The highest BCUT2D eigenvalue weighted by molar-refractivity contribution is 5.99. The Kier molecular flexibility index (Phi) is 4.05. The first kappa shape index (κ1) is 14.1. The Hall–Kier alpha value is -1.92. The Morgan fingerprint density at radius 3 is 2.56 bits per heavy atom. The van der Waals surface area contributed by atoms with Crippen molar-refractivity contribution in [1.82, 2.24) is 4.90 Å². The number of carbonyl (C=O) groups is 1. The highest BCUT2D eigenvalue weighted by atomic mass is 19.4. The van der Waals surface area contributed by atoms with E-state index in [1.54, 1.807) is 0 Å². The summed E-state index contributed by atoms with van der Waals surface area (Å²) in [6.45, 7) is -1.33. The quantitative estimate of drug-likeness (QED) is 0.846. The third kappa shape index (κ3) is 3.54. The maximum absolute atomic E-state index is 12.2. The lowest BCUT2D eigenvalue weighted by molar-refractivity contribution is -0.138. The molecule has 0 aromatic heterocycles. The fourth-order valence-corrected chi connectivity index (χ4v) is 1.39. The summed E-state index contributed by atoms with van der Waals surface area (Å²) in [4.78, 5) is 12.4. The Labute approximate surface area is 102 Å². The van der Waals surface area contributed by atoms with Crippen LogP contribution in [-0.4, -0.2) is 37.7 Å². The standard InChI is InChI=1S/C11H13F3N2O2/c1-16(6-11(12,13)14)10(17)8-5-7(18-2)3-4-9(8)15/h3-5H,6,15H2,1-2H3. The van der Waals surface area contributed by atoms with Crippen LogP contribution in [0.3, 0.4) is 0 Å². The zero-order chi connectivity index (χ0) is 13.9. The molecule has 0 atom stereocenters. The number of hydrogen-bond acceptors (Lipinski definition) is 3. The molecule has 1 aromatic carbocycles. The summed E-state index contributed by atoms with van der Waals surface area (Å²) in [5, 5.41) is 0. The van der Waals surface area contributed by atoms with Crippen LogP contribution >= 0.6 is 0 Å². The third-order valence-corrected chi connectivity index (χ3v) is 2.25. The molecule has 0 aliphatic carbocycles. The van der Waals surface area contributed by atoms with E-state index in [0.29, 0.717) is 10.6 Å². The summed E-state index contributed by atoms with van der Waals surface area (Å²) in [6, 6.07) is 4.24. The average molecular weight is 262 g/mol. The summed E-state index contributed by atoms with van der Waals surface area (Å²) in [5.41, 5.74) is 5.66. The second-order valence-corrected chi connectivity index (χ2v) is 3.73. The lowest BCUT2D eigenvalue weighted by Crippen LogP contribution is -2.36. The Balaban J connectivity index is 2.96. The van der Waals surface area contributed by atoms with Gasteiger partial charge in [-0.2, -0.15) is 13.2 Å². The van der Waals surface area contributed by atoms with Gasteiger partial charge < -0.3 is 15.4 Å². The van der Waals surface area contributed by atoms with Gasteiger partial charge in [-0.15, -0.1) is 0 Å². The topological polar surface area (TPSA) is 55.6 Å². The highest BCUT2D eigenvalue weighted by Gasteiger charge is 2.32. The maximum Gasteiger partial charge on any atom is 0.406 e. The minimum absolute atomic E-state index is 0.0129. The number of anilines is 1. The van der Waals surface area contributed by atoms with Crippen molar-refractivity contribution in [1.29, 1.82) is 0 Å². The molecule has 0 aliphatic heterocycles. The number of amides is 1. The smallest absolute Gasteiger partial charge is 0.406 e. The molecule has 2 N–H and O–H groups in total. The van der Waals surface area contributed by atoms with Crippen LogP contribution < -0.4 is 10.5 Å². The molecule has 0 spiro atoms. The number of carbonyl (C=O) groups excluding carboxylic acids is 1. The molecule has 0 fully saturated rings. The molecular weight excluding hydrogens is 249 g/mol. The van der Waals surface area contributed by atoms with Crippen LogP contribution in [0.4, 0.5) is 18.9 Å². The second-order valence-electron chi connectivity index (χ2n) is 3.73. The van der Waals surface area contributed by atoms with Crippen LogP contribution in [0.2, 0.25) is 0 Å². The molecule has 0 heterocycles. The molecule has 0 aliphatic rings. The normalized spacial score (nSPS) is 11.2. The minimum Gasteiger partial charge on any atom is -0.497 e. The van der Waals surface area contributed by atoms with Crippen molar-refractivity contribution in [2.75, 3.05) is 26.4 Å². The van der Waals surface area contributed by atoms with Crippen LogP contribution in [0.25, 0.3) is 0 Å². The first-order valence-electron chi connectivity index (χ1n) is 5.00. The highest BCUT2D eigenvalue weighted by Crippen LogP contribution is 2.22. The van der Waals surface area contributed by atoms with E-state index in [0.717, 1.165) is 7.05 Å². The molecule has 0 radical (unpaired) electrons. The van der Waals surface area contributed by atoms with Crippen molar-refractivity contribution >= 4 is 11.6 Å². The van der Waals surface area contributed by atoms with Crippen LogP contribution in [0.5, 0.6) is 5.75 Å². The maximum atomic E-state index is 12.2. The van der Waals surface area contributed by atoms with Gasteiger partial charge in [0.1, 0.15) is 12.3 Å². The summed E-state index contributed by atoms with van der Waals surface area (Å²) in [7, 11) is 2.45. The monoisotopic (exact) mass is 262 g/mol. The predicted octanol–water partition coefficient (Wildman–Crippen LogP) is 1.91. The lowest BCUT2D eigenvalue weighted by Gasteiger charge is -2.20. The molecule has 1 amide bonds. The molecular formula is C11H13F3N2O2. The number of halogens is 3. The number of benzene rings is 1. The largest absolute Gasteiger partial charge is 0.497 e. The van der Waals surface area contributed by atoms with Crippen LogP contribution in [0, 0.1) is 0 Å². The van der Waals surface area contributed by atoms with Gasteiger partial charge in [-0.25, -0.2) is 0 Å². The number of ether oxygens (including phenoxy) is 1. The molecule has 0 bridgehead atoms. The van der Waals surface area contributed by atoms with E-state index in [9.17, 15) is 18.0 Å². The number of methoxy groups -OCH3 is 1. The third-order valence-electron chi connectivity index (χ3n) is 2.25. The molecule has 4 nitrogen and oxygen atoms in total. The van der Waals surface area contributed by atoms with Crippen LogP contribution in [-0.2, 0) is 0 Å². The van der Waals surface area contributed by atoms with Gasteiger partial charge in [0, 0.05) is 12.7 Å². The molecule has 0 unspecified atom stereocenters. The number of nitrogens with zero attached hydrogens (tertiary/aromatic N) is 1. The number of hydrogen-bond donors (Lipinski definition) is 1. The molecule has 1 aromatic rings. The summed E-state index contributed by atoms with van der Waals surface area (Å²) < 4.78 is 41.4. The fourth-order valence-electron chi connectivity index (χ4n) is 1.39. The van der Waals surface area contributed by atoms with E-state index in [-0.39, 0.29) is 11.3 Å². The molecule has 0 saturated heterocycles. The first-order chi connectivity index (χ1) is 8.24. The summed E-state index contributed by atoms with van der Waals surface area (Å²) in [5.74, 6) is -0.448. The van der Waals surface area contributed by atoms with Gasteiger partial charge in [-0.3, -0.25) is 4.79 Å². The molecule has 7 heteroatoms. The Morgan fingerprint density at radius 1 is 1.44 bits per heavy atom. The first-order valence-corrected chi connectivity index (χ1v) is 5.00. The van der Waals surface area contributed by atoms with Gasteiger partial charge in [0.2, 0.25) is 0 Å². The van der Waals surface area contributed by atoms with Crippen LogP contribution in [0.1, 0.15) is 10.4 Å². The Morgan fingerprint density at radius 2 is 2.06 bits per heavy atom. The Bertz CT molecular complexity index is 446. The average Bonchev–Trinajstić information content (AvgIpc) is 2.26. The van der Waals surface area contributed by atoms with Gasteiger partial charge in [-0.05, 0) is 18.2 Å². The van der Waals surface area contributed by atoms with Gasteiger partial charge in [0.25, 0.3) is 5.91 Å². The summed E-state index contributed by atoms with van der Waals surface area (Å²) in [6.07, 6.45) is -4.45. The summed E-state index contributed by atoms with van der Waals surface area (Å²) >= 11 is 0. The van der Waals surface area contributed by atoms with Crippen molar-refractivity contribution in [3.05, 3.63) is 23.8 Å². The molecule has 100 valence electrons. The number of nitrogens with two attached hydrogens (primary N) is 1. The molecule has 0 saturated carbocycles. The zero-order valence-electron chi connectivity index (χ0n) is 9.91. The van der Waals surface area contributed by atoms with Gasteiger partial charge in [0.05, 0.1) is 12.7 Å². The van der Waals surface area contributed by atoms with Crippen molar-refractivity contribution in [2.45, 2.75) is 6.18 Å². The van der Waals surface area contributed by atoms with Crippen molar-refractivity contribution in [3.63, 3.8) is 0 Å². The number of rotatable bonds is 3. The number of alkyl halides is 3. The molecule has 1 rings (SSSR count). The van der Waals surface area contributed by atoms with Gasteiger partial charge in [-0.1, -0.05) is 0 Å². The van der Waals surface area contributed by atoms with E-state index in [4.69, 9.17) is 10.5 Å². The van der Waals surface area contributed by atoms with Crippen molar-refractivity contribution in [2.24, 2.45) is 0 Å². The van der Waals surface area contributed by atoms with Gasteiger partial charge >= 0.3 is 6.18 Å². The SMILES string of the molecule is COc1ccc(N)c(C(=O)N(C)CC(F)(F)F)c1. The number of nitrogen functional groups attached to an aromatic ring is 1. The zero-order valence-corrected chi connectivity index (χ0v) is 9.91. The fraction of sp³-hybridized carbons (Fsp3) is 0.364. The van der Waals surface area contributed by atoms with E-state index in [1.807, 2.05) is 0 Å². The predicted molar refractivity (Wildman–Crippen MR) is 60.4 cm³/mol. The van der Waals surface area contributed by atoms with E-state index in [1.165, 1.54) is 25.3 Å². The van der Waals surface area contributed by atoms with Crippen LogP contribution in [0.15, 0.2) is 18.2 Å². The van der Waals surface area contributed by atoms with Gasteiger partial charge in [0.15, 0.2) is 0 Å². The van der Waals surface area contributed by atoms with E-state index >= 15 is 0 Å². The van der Waals surface area contributed by atoms with Crippen molar-refractivity contribution in [3.8, 4) is 5.75 Å². The minimum atomic E-state index is -4.45. The van der Waals surface area contributed by atoms with Crippen molar-refractivity contribution < 1.29 is 22.7 Å².